The highest BCUT2D eigenvalue weighted by Crippen LogP contribution is 2.33. The average Bonchev–Trinajstić information content (AvgIpc) is 2.99. The number of aryl methyl sites for hydroxylation is 1. The quantitative estimate of drug-likeness (QED) is 0.783. The molecule has 2 aromatic carbocycles. The van der Waals surface area contributed by atoms with Crippen molar-refractivity contribution in [1.82, 2.24) is 0 Å². The number of fused-ring (bicyclic) bond motifs is 1. The van der Waals surface area contributed by atoms with Gasteiger partial charge in [0.05, 0.1) is 7.11 Å². The first-order valence-electron chi connectivity index (χ1n) is 7.82. The Hall–Kier alpha value is -2.54. The highest BCUT2D eigenvalue weighted by molar-refractivity contribution is 7.87. The van der Waals surface area contributed by atoms with Gasteiger partial charge in [-0.25, -0.2) is 0 Å². The number of rotatable bonds is 4. The van der Waals surface area contributed by atoms with E-state index in [2.05, 4.69) is 0 Å². The van der Waals surface area contributed by atoms with Crippen LogP contribution in [0.3, 0.4) is 0 Å². The molecule has 132 valence electrons. The molecule has 3 rings (SSSR count). The van der Waals surface area contributed by atoms with Crippen LogP contribution in [-0.4, -0.2) is 28.0 Å². The minimum absolute atomic E-state index is 0.0549. The van der Waals surface area contributed by atoms with Gasteiger partial charge in [-0.05, 0) is 54.8 Å². The van der Waals surface area contributed by atoms with E-state index in [-0.39, 0.29) is 16.6 Å². The fraction of sp³-hybridized carbons (Fsp3) is 0.278. The third-order valence-electron chi connectivity index (χ3n) is 4.13. The third kappa shape index (κ3) is 3.32. The van der Waals surface area contributed by atoms with Crippen molar-refractivity contribution in [3.8, 4) is 11.5 Å². The fourth-order valence-corrected chi connectivity index (χ4v) is 3.86. The predicted octanol–water partition coefficient (Wildman–Crippen LogP) is 2.68. The van der Waals surface area contributed by atoms with Crippen molar-refractivity contribution < 1.29 is 22.1 Å². The first-order chi connectivity index (χ1) is 11.8. The first-order valence-corrected chi connectivity index (χ1v) is 9.23. The second-order valence-corrected chi connectivity index (χ2v) is 7.45. The van der Waals surface area contributed by atoms with Crippen LogP contribution in [0.4, 0.5) is 5.69 Å². The molecule has 0 saturated heterocycles. The Morgan fingerprint density at radius 2 is 1.88 bits per heavy atom. The molecule has 0 radical (unpaired) electrons. The fourth-order valence-electron chi connectivity index (χ4n) is 2.87. The molecule has 0 aliphatic carbocycles. The van der Waals surface area contributed by atoms with Crippen molar-refractivity contribution >= 4 is 21.7 Å². The van der Waals surface area contributed by atoms with E-state index in [1.165, 1.54) is 20.1 Å². The van der Waals surface area contributed by atoms with E-state index in [0.717, 1.165) is 16.8 Å². The van der Waals surface area contributed by atoms with Gasteiger partial charge in [-0.3, -0.25) is 4.79 Å². The molecule has 25 heavy (non-hydrogen) atoms. The summed E-state index contributed by atoms with van der Waals surface area (Å²) in [5.41, 5.74) is 2.50. The van der Waals surface area contributed by atoms with Gasteiger partial charge in [0.2, 0.25) is 5.91 Å². The number of hydrogen-bond donors (Lipinski definition) is 0. The summed E-state index contributed by atoms with van der Waals surface area (Å²) in [5.74, 6) is 0.432. The number of benzene rings is 2. The molecule has 0 aromatic heterocycles. The smallest absolute Gasteiger partial charge is 0.339 e. The van der Waals surface area contributed by atoms with Crippen molar-refractivity contribution in [2.75, 3.05) is 18.6 Å². The van der Waals surface area contributed by atoms with E-state index in [1.807, 2.05) is 6.92 Å². The lowest BCUT2D eigenvalue weighted by atomic mass is 10.2. The SMILES string of the molecule is COc1cc(C)ccc1OS(=O)(=O)c1ccc2c(c1)CCN2C(C)=O. The first kappa shape index (κ1) is 17.3. The normalized spacial score (nSPS) is 13.5. The lowest BCUT2D eigenvalue weighted by molar-refractivity contribution is -0.116. The molecule has 1 aliphatic rings. The van der Waals surface area contributed by atoms with Gasteiger partial charge in [0.1, 0.15) is 4.90 Å². The molecule has 0 atom stereocenters. The van der Waals surface area contributed by atoms with Gasteiger partial charge in [-0.2, -0.15) is 8.42 Å². The standard InChI is InChI=1S/C18H19NO5S/c1-12-4-7-17(18(10-12)23-3)24-25(21,22)15-5-6-16-14(11-15)8-9-19(16)13(2)20/h4-7,10-11H,8-9H2,1-3H3. The lowest BCUT2D eigenvalue weighted by Gasteiger charge is -2.15. The van der Waals surface area contributed by atoms with Crippen LogP contribution in [0.5, 0.6) is 11.5 Å². The zero-order chi connectivity index (χ0) is 18.2. The van der Waals surface area contributed by atoms with E-state index in [9.17, 15) is 13.2 Å². The Labute approximate surface area is 147 Å². The van der Waals surface area contributed by atoms with E-state index in [4.69, 9.17) is 8.92 Å². The highest BCUT2D eigenvalue weighted by Gasteiger charge is 2.26. The van der Waals surface area contributed by atoms with Crippen molar-refractivity contribution in [3.63, 3.8) is 0 Å². The van der Waals surface area contributed by atoms with Crippen molar-refractivity contribution in [2.24, 2.45) is 0 Å². The Kier molecular flexibility index (Phi) is 4.43. The van der Waals surface area contributed by atoms with Crippen LogP contribution in [0.25, 0.3) is 0 Å². The molecular weight excluding hydrogens is 342 g/mol. The van der Waals surface area contributed by atoms with Crippen LogP contribution >= 0.6 is 0 Å². The highest BCUT2D eigenvalue weighted by atomic mass is 32.2. The summed E-state index contributed by atoms with van der Waals surface area (Å²) in [6.45, 7) is 3.93. The molecule has 1 amide bonds. The Morgan fingerprint density at radius 3 is 2.56 bits per heavy atom. The predicted molar refractivity (Wildman–Crippen MR) is 93.7 cm³/mol. The van der Waals surface area contributed by atoms with Crippen molar-refractivity contribution in [2.45, 2.75) is 25.2 Å². The maximum absolute atomic E-state index is 12.6. The van der Waals surface area contributed by atoms with Gasteiger partial charge in [0.25, 0.3) is 0 Å². The van der Waals surface area contributed by atoms with Gasteiger partial charge in [0.15, 0.2) is 11.5 Å². The molecule has 1 aliphatic heterocycles. The van der Waals surface area contributed by atoms with Crippen LogP contribution in [0.1, 0.15) is 18.1 Å². The zero-order valence-corrected chi connectivity index (χ0v) is 15.1. The van der Waals surface area contributed by atoms with Crippen LogP contribution in [0, 0.1) is 6.92 Å². The molecular formula is C18H19NO5S. The topological polar surface area (TPSA) is 72.9 Å². The molecule has 7 heteroatoms. The van der Waals surface area contributed by atoms with Crippen LogP contribution < -0.4 is 13.8 Å². The number of ether oxygens (including phenoxy) is 1. The molecule has 2 aromatic rings. The van der Waals surface area contributed by atoms with Gasteiger partial charge in [-0.15, -0.1) is 0 Å². The second-order valence-electron chi connectivity index (χ2n) is 5.90. The molecule has 0 fully saturated rings. The molecule has 0 unspecified atom stereocenters. The van der Waals surface area contributed by atoms with E-state index >= 15 is 0 Å². The minimum Gasteiger partial charge on any atom is -0.493 e. The van der Waals surface area contributed by atoms with Crippen LogP contribution in [0.15, 0.2) is 41.3 Å². The van der Waals surface area contributed by atoms with Crippen molar-refractivity contribution in [1.29, 1.82) is 0 Å². The van der Waals surface area contributed by atoms with Gasteiger partial charge < -0.3 is 13.8 Å². The molecule has 6 nitrogen and oxygen atoms in total. The number of carbonyl (C=O) groups excluding carboxylic acids is 1. The number of carbonyl (C=O) groups is 1. The van der Waals surface area contributed by atoms with E-state index in [0.29, 0.717) is 18.7 Å². The van der Waals surface area contributed by atoms with Crippen molar-refractivity contribution in [3.05, 3.63) is 47.5 Å². The number of methoxy groups -OCH3 is 1. The van der Waals surface area contributed by atoms with Crippen LogP contribution in [0.2, 0.25) is 0 Å². The van der Waals surface area contributed by atoms with Gasteiger partial charge in [0, 0.05) is 19.2 Å². The summed E-state index contributed by atoms with van der Waals surface area (Å²) in [6.07, 6.45) is 0.617. The second kappa shape index (κ2) is 6.40. The Bertz CT molecular complexity index is 936. The summed E-state index contributed by atoms with van der Waals surface area (Å²) in [4.78, 5) is 13.3. The minimum atomic E-state index is -4.00. The van der Waals surface area contributed by atoms with Gasteiger partial charge in [-0.1, -0.05) is 6.07 Å². The van der Waals surface area contributed by atoms with E-state index < -0.39 is 10.1 Å². The summed E-state index contributed by atoms with van der Waals surface area (Å²) in [7, 11) is -2.54. The molecule has 0 spiro atoms. The molecule has 0 bridgehead atoms. The molecule has 1 heterocycles. The number of anilines is 1. The Balaban J connectivity index is 1.93. The number of amides is 1. The number of hydrogen-bond acceptors (Lipinski definition) is 5. The zero-order valence-electron chi connectivity index (χ0n) is 14.3. The summed E-state index contributed by atoms with van der Waals surface area (Å²) in [5, 5.41) is 0. The molecule has 0 saturated carbocycles. The monoisotopic (exact) mass is 361 g/mol. The third-order valence-corrected chi connectivity index (χ3v) is 5.36. The summed E-state index contributed by atoms with van der Waals surface area (Å²) in [6, 6.07) is 9.69. The largest absolute Gasteiger partial charge is 0.493 e. The number of nitrogens with zero attached hydrogens (tertiary/aromatic N) is 1. The average molecular weight is 361 g/mol. The summed E-state index contributed by atoms with van der Waals surface area (Å²) >= 11 is 0. The van der Waals surface area contributed by atoms with Crippen LogP contribution in [-0.2, 0) is 21.3 Å². The lowest BCUT2D eigenvalue weighted by Crippen LogP contribution is -2.25. The summed E-state index contributed by atoms with van der Waals surface area (Å²) < 4.78 is 35.7. The Morgan fingerprint density at radius 1 is 1.12 bits per heavy atom. The maximum Gasteiger partial charge on any atom is 0.339 e. The maximum atomic E-state index is 12.6. The van der Waals surface area contributed by atoms with Gasteiger partial charge >= 0.3 is 10.1 Å². The molecule has 0 N–H and O–H groups in total. The van der Waals surface area contributed by atoms with E-state index in [1.54, 1.807) is 35.2 Å².